The molecule has 0 bridgehead atoms. The predicted molar refractivity (Wildman–Crippen MR) is 84.0 cm³/mol. The number of para-hydroxylation sites is 1. The lowest BCUT2D eigenvalue weighted by Crippen LogP contribution is -2.43. The largest absolute Gasteiger partial charge is 0.481 e. The van der Waals surface area contributed by atoms with E-state index in [1.807, 2.05) is 19.2 Å². The van der Waals surface area contributed by atoms with E-state index in [1.54, 1.807) is 0 Å². The van der Waals surface area contributed by atoms with E-state index in [1.165, 1.54) is 18.4 Å². The summed E-state index contributed by atoms with van der Waals surface area (Å²) in [6.07, 6.45) is 2.51. The molecule has 0 unspecified atom stereocenters. The van der Waals surface area contributed by atoms with Crippen molar-refractivity contribution in [3.05, 3.63) is 29.8 Å². The summed E-state index contributed by atoms with van der Waals surface area (Å²) in [5, 5.41) is 8.86. The Bertz CT molecular complexity index is 557. The third kappa shape index (κ3) is 3.78. The van der Waals surface area contributed by atoms with E-state index in [2.05, 4.69) is 17.0 Å². The normalized spacial score (nSPS) is 20.4. The van der Waals surface area contributed by atoms with Gasteiger partial charge in [-0.1, -0.05) is 18.2 Å². The first kappa shape index (κ1) is 16.3. The summed E-state index contributed by atoms with van der Waals surface area (Å²) >= 11 is 0. The van der Waals surface area contributed by atoms with Crippen LogP contribution in [0.3, 0.4) is 0 Å². The zero-order valence-electron chi connectivity index (χ0n) is 13.2. The maximum Gasteiger partial charge on any atom is 0.306 e. The Labute approximate surface area is 130 Å². The topological polar surface area (TPSA) is 66.8 Å². The van der Waals surface area contributed by atoms with Crippen molar-refractivity contribution in [1.82, 2.24) is 0 Å². The molecule has 0 amide bonds. The van der Waals surface area contributed by atoms with Gasteiger partial charge in [0.15, 0.2) is 0 Å². The van der Waals surface area contributed by atoms with Crippen molar-refractivity contribution in [3.8, 4) is 0 Å². The van der Waals surface area contributed by atoms with Crippen molar-refractivity contribution in [2.24, 2.45) is 5.41 Å². The minimum Gasteiger partial charge on any atom is -0.481 e. The summed E-state index contributed by atoms with van der Waals surface area (Å²) in [7, 11) is 3.41. The fourth-order valence-corrected chi connectivity index (χ4v) is 3.45. The number of rotatable bonds is 6. The molecular formula is C17H23NO4. The molecule has 0 radical (unpaired) electrons. The molecule has 1 atom stereocenters. The maximum atomic E-state index is 11.8. The monoisotopic (exact) mass is 305 g/mol. The number of fused-ring (bicyclic) bond motifs is 1. The van der Waals surface area contributed by atoms with Crippen LogP contribution in [0.15, 0.2) is 24.3 Å². The van der Waals surface area contributed by atoms with Gasteiger partial charge in [0.1, 0.15) is 0 Å². The second-order valence-corrected chi connectivity index (χ2v) is 6.16. The summed E-state index contributed by atoms with van der Waals surface area (Å²) in [4.78, 5) is 24.8. The first-order valence-corrected chi connectivity index (χ1v) is 7.53. The van der Waals surface area contributed by atoms with E-state index in [9.17, 15) is 9.59 Å². The van der Waals surface area contributed by atoms with Gasteiger partial charge in [0.25, 0.3) is 0 Å². The lowest BCUT2D eigenvalue weighted by atomic mass is 9.72. The molecular weight excluding hydrogens is 282 g/mol. The highest BCUT2D eigenvalue weighted by Crippen LogP contribution is 2.41. The van der Waals surface area contributed by atoms with Crippen LogP contribution in [-0.4, -0.2) is 37.7 Å². The molecule has 0 fully saturated rings. The molecule has 5 nitrogen and oxygen atoms in total. The van der Waals surface area contributed by atoms with E-state index in [0.29, 0.717) is 19.3 Å². The Kier molecular flexibility index (Phi) is 5.06. The third-order valence-corrected chi connectivity index (χ3v) is 4.39. The number of carboxylic acid groups (broad SMARTS) is 1. The number of esters is 1. The van der Waals surface area contributed by atoms with Crippen LogP contribution in [0.5, 0.6) is 0 Å². The molecule has 1 aliphatic rings. The molecule has 0 saturated heterocycles. The Morgan fingerprint density at radius 3 is 2.77 bits per heavy atom. The molecule has 1 N–H and O–H groups in total. The summed E-state index contributed by atoms with van der Waals surface area (Å²) in [5.74, 6) is -1.03. The van der Waals surface area contributed by atoms with Crippen LogP contribution in [0, 0.1) is 5.41 Å². The highest BCUT2D eigenvalue weighted by molar-refractivity contribution is 5.71. The Morgan fingerprint density at radius 1 is 1.36 bits per heavy atom. The fraction of sp³-hybridized carbons (Fsp3) is 0.529. The molecule has 0 saturated carbocycles. The van der Waals surface area contributed by atoms with Gasteiger partial charge in [0, 0.05) is 31.1 Å². The molecule has 22 heavy (non-hydrogen) atoms. The highest BCUT2D eigenvalue weighted by atomic mass is 16.5. The minimum absolute atomic E-state index is 0.133. The number of carbonyl (C=O) groups excluding carboxylic acids is 1. The van der Waals surface area contributed by atoms with Gasteiger partial charge in [-0.05, 0) is 30.9 Å². The number of methoxy groups -OCH3 is 1. The predicted octanol–water partition coefficient (Wildman–Crippen LogP) is 2.48. The van der Waals surface area contributed by atoms with Crippen LogP contribution in [0.25, 0.3) is 0 Å². The van der Waals surface area contributed by atoms with Crippen molar-refractivity contribution < 1.29 is 19.4 Å². The number of carbonyl (C=O) groups is 2. The molecule has 0 spiro atoms. The zero-order valence-corrected chi connectivity index (χ0v) is 13.2. The highest BCUT2D eigenvalue weighted by Gasteiger charge is 2.38. The van der Waals surface area contributed by atoms with Crippen LogP contribution in [-0.2, 0) is 20.7 Å². The Balaban J connectivity index is 2.22. The molecule has 0 aromatic heterocycles. The van der Waals surface area contributed by atoms with Gasteiger partial charge in [-0.2, -0.15) is 0 Å². The maximum absolute atomic E-state index is 11.8. The van der Waals surface area contributed by atoms with Crippen molar-refractivity contribution in [3.63, 3.8) is 0 Å². The van der Waals surface area contributed by atoms with Gasteiger partial charge >= 0.3 is 11.9 Å². The van der Waals surface area contributed by atoms with Crippen LogP contribution in [0.2, 0.25) is 0 Å². The van der Waals surface area contributed by atoms with Gasteiger partial charge in [0.05, 0.1) is 13.5 Å². The number of nitrogens with zero attached hydrogens (tertiary/aromatic N) is 1. The van der Waals surface area contributed by atoms with E-state index in [-0.39, 0.29) is 17.8 Å². The summed E-state index contributed by atoms with van der Waals surface area (Å²) in [5.41, 5.74) is 2.13. The average molecular weight is 305 g/mol. The summed E-state index contributed by atoms with van der Waals surface area (Å²) < 4.78 is 4.85. The van der Waals surface area contributed by atoms with E-state index in [4.69, 9.17) is 9.84 Å². The quantitative estimate of drug-likeness (QED) is 0.818. The molecule has 1 aromatic rings. The van der Waals surface area contributed by atoms with Crippen LogP contribution < -0.4 is 4.90 Å². The second-order valence-electron chi connectivity index (χ2n) is 6.16. The number of aliphatic carboxylic acids is 1. The van der Waals surface area contributed by atoms with Gasteiger partial charge in [-0.15, -0.1) is 0 Å². The van der Waals surface area contributed by atoms with Gasteiger partial charge < -0.3 is 14.7 Å². The average Bonchev–Trinajstić information content (AvgIpc) is 2.46. The molecule has 2 rings (SSSR count). The summed E-state index contributed by atoms with van der Waals surface area (Å²) in [6, 6.07) is 8.16. The number of hydrogen-bond acceptors (Lipinski definition) is 4. The second kappa shape index (κ2) is 6.81. The van der Waals surface area contributed by atoms with E-state index >= 15 is 0 Å². The Hall–Kier alpha value is -2.04. The molecule has 1 aliphatic heterocycles. The lowest BCUT2D eigenvalue weighted by molar-refractivity contribution is -0.143. The van der Waals surface area contributed by atoms with E-state index in [0.717, 1.165) is 13.0 Å². The van der Waals surface area contributed by atoms with Gasteiger partial charge in [-0.3, -0.25) is 9.59 Å². The first-order chi connectivity index (χ1) is 10.5. The van der Waals surface area contributed by atoms with Gasteiger partial charge in [-0.25, -0.2) is 0 Å². The summed E-state index contributed by atoms with van der Waals surface area (Å²) in [6.45, 7) is 0.735. The smallest absolute Gasteiger partial charge is 0.306 e. The first-order valence-electron chi connectivity index (χ1n) is 7.53. The molecule has 0 aliphatic carbocycles. The van der Waals surface area contributed by atoms with Crippen molar-refractivity contribution in [2.75, 3.05) is 25.6 Å². The lowest BCUT2D eigenvalue weighted by Gasteiger charge is -2.43. The zero-order chi connectivity index (χ0) is 16.2. The van der Waals surface area contributed by atoms with Crippen molar-refractivity contribution in [2.45, 2.75) is 32.1 Å². The standard InChI is InChI=1S/C17H23NO4/c1-18-12-17(11-16(21)22-2,9-5-8-15(19)20)10-13-6-3-4-7-14(13)18/h3-4,6-7H,5,8-12H2,1-2H3,(H,19,20)/t17-/m1/s1. The van der Waals surface area contributed by atoms with Crippen molar-refractivity contribution in [1.29, 1.82) is 0 Å². The number of hydrogen-bond donors (Lipinski definition) is 1. The van der Waals surface area contributed by atoms with Gasteiger partial charge in [0.2, 0.25) is 0 Å². The number of benzene rings is 1. The minimum atomic E-state index is -0.794. The molecule has 5 heteroatoms. The Morgan fingerprint density at radius 2 is 2.09 bits per heavy atom. The third-order valence-electron chi connectivity index (χ3n) is 4.39. The van der Waals surface area contributed by atoms with E-state index < -0.39 is 5.97 Å². The molecule has 1 heterocycles. The number of ether oxygens (including phenoxy) is 1. The fourth-order valence-electron chi connectivity index (χ4n) is 3.45. The van der Waals surface area contributed by atoms with Crippen molar-refractivity contribution >= 4 is 17.6 Å². The number of carboxylic acids is 1. The van der Waals surface area contributed by atoms with Crippen LogP contribution in [0.4, 0.5) is 5.69 Å². The molecule has 1 aromatic carbocycles. The van der Waals surface area contributed by atoms with Crippen LogP contribution >= 0.6 is 0 Å². The number of anilines is 1. The van der Waals surface area contributed by atoms with Crippen LogP contribution in [0.1, 0.15) is 31.2 Å². The SMILES string of the molecule is COC(=O)C[C@@]1(CCCC(=O)O)Cc2ccccc2N(C)C1. The molecule has 120 valence electrons.